The first-order valence-corrected chi connectivity index (χ1v) is 6.51. The van der Waals surface area contributed by atoms with E-state index < -0.39 is 0 Å². The minimum Gasteiger partial charge on any atom is -0.469 e. The molecule has 1 heterocycles. The molecular formula is C13H20N2O3. The zero-order valence-electron chi connectivity index (χ0n) is 10.7. The van der Waals surface area contributed by atoms with Gasteiger partial charge in [0.15, 0.2) is 0 Å². The van der Waals surface area contributed by atoms with E-state index in [2.05, 4.69) is 10.5 Å². The van der Waals surface area contributed by atoms with Crippen molar-refractivity contribution in [3.8, 4) is 0 Å². The van der Waals surface area contributed by atoms with E-state index >= 15 is 0 Å². The summed E-state index contributed by atoms with van der Waals surface area (Å²) >= 11 is 0. The topological polar surface area (TPSA) is 64.4 Å². The van der Waals surface area contributed by atoms with Crippen molar-refractivity contribution < 1.29 is 14.1 Å². The molecule has 1 saturated carbocycles. The van der Waals surface area contributed by atoms with Crippen LogP contribution in [0.3, 0.4) is 0 Å². The van der Waals surface area contributed by atoms with Crippen LogP contribution in [-0.2, 0) is 16.1 Å². The van der Waals surface area contributed by atoms with Crippen molar-refractivity contribution in [2.75, 3.05) is 7.11 Å². The first-order valence-electron chi connectivity index (χ1n) is 6.51. The lowest BCUT2D eigenvalue weighted by atomic mass is 9.95. The van der Waals surface area contributed by atoms with Crippen LogP contribution in [0, 0.1) is 5.92 Å². The molecule has 100 valence electrons. The molecule has 1 N–H and O–H groups in total. The van der Waals surface area contributed by atoms with Crippen LogP contribution in [0.4, 0.5) is 0 Å². The number of ether oxygens (including phenoxy) is 1. The van der Waals surface area contributed by atoms with Gasteiger partial charge in [-0.25, -0.2) is 0 Å². The van der Waals surface area contributed by atoms with Gasteiger partial charge >= 0.3 is 5.97 Å². The molecule has 0 bridgehead atoms. The van der Waals surface area contributed by atoms with Gasteiger partial charge in [-0.3, -0.25) is 4.79 Å². The van der Waals surface area contributed by atoms with E-state index in [0.29, 0.717) is 6.54 Å². The molecule has 0 aromatic carbocycles. The molecule has 0 radical (unpaired) electrons. The lowest BCUT2D eigenvalue weighted by Gasteiger charge is -2.23. The first-order chi connectivity index (χ1) is 8.81. The molecular weight excluding hydrogens is 232 g/mol. The number of aromatic nitrogens is 1. The highest BCUT2D eigenvalue weighted by Crippen LogP contribution is 2.24. The lowest BCUT2D eigenvalue weighted by Crippen LogP contribution is -2.39. The Labute approximate surface area is 107 Å². The van der Waals surface area contributed by atoms with E-state index in [4.69, 9.17) is 9.26 Å². The van der Waals surface area contributed by atoms with Crippen molar-refractivity contribution >= 4 is 5.97 Å². The fraction of sp³-hybridized carbons (Fsp3) is 0.692. The predicted molar refractivity (Wildman–Crippen MR) is 65.7 cm³/mol. The van der Waals surface area contributed by atoms with Gasteiger partial charge < -0.3 is 14.6 Å². The molecule has 18 heavy (non-hydrogen) atoms. The number of nitrogens with zero attached hydrogens (tertiary/aromatic N) is 1. The summed E-state index contributed by atoms with van der Waals surface area (Å²) in [5, 5.41) is 7.27. The summed E-state index contributed by atoms with van der Waals surface area (Å²) in [6, 6.07) is 2.01. The summed E-state index contributed by atoms with van der Waals surface area (Å²) in [5.74, 6) is -0.140. The Morgan fingerprint density at radius 3 is 3.06 bits per heavy atom. The maximum absolute atomic E-state index is 11.8. The number of rotatable bonds is 4. The zero-order valence-corrected chi connectivity index (χ0v) is 10.7. The largest absolute Gasteiger partial charge is 0.469 e. The molecule has 5 heteroatoms. The Morgan fingerprint density at radius 2 is 2.33 bits per heavy atom. The van der Waals surface area contributed by atoms with Gasteiger partial charge in [0.05, 0.1) is 18.7 Å². The summed E-state index contributed by atoms with van der Waals surface area (Å²) in [5.41, 5.74) is 0.864. The van der Waals surface area contributed by atoms with E-state index in [0.717, 1.165) is 31.4 Å². The average Bonchev–Trinajstić information content (AvgIpc) is 2.80. The second-order valence-electron chi connectivity index (χ2n) is 4.75. The summed E-state index contributed by atoms with van der Waals surface area (Å²) in [7, 11) is 1.46. The smallest absolute Gasteiger partial charge is 0.310 e. The summed E-state index contributed by atoms with van der Waals surface area (Å²) in [4.78, 5) is 11.8. The van der Waals surface area contributed by atoms with E-state index in [-0.39, 0.29) is 17.9 Å². The Bertz CT molecular complexity index is 364. The van der Waals surface area contributed by atoms with Gasteiger partial charge in [0.2, 0.25) is 0 Å². The highest BCUT2D eigenvalue weighted by molar-refractivity contribution is 5.73. The minimum absolute atomic E-state index is 0.0376. The van der Waals surface area contributed by atoms with Crippen molar-refractivity contribution in [2.45, 2.75) is 44.7 Å². The van der Waals surface area contributed by atoms with Crippen LogP contribution < -0.4 is 5.32 Å². The van der Waals surface area contributed by atoms with Gasteiger partial charge in [-0.15, -0.1) is 0 Å². The van der Waals surface area contributed by atoms with Crippen molar-refractivity contribution in [3.63, 3.8) is 0 Å². The van der Waals surface area contributed by atoms with E-state index in [1.54, 1.807) is 6.26 Å². The Hall–Kier alpha value is -1.36. The van der Waals surface area contributed by atoms with Crippen molar-refractivity contribution in [2.24, 2.45) is 5.92 Å². The molecule has 1 aliphatic carbocycles. The molecule has 1 fully saturated rings. The number of esters is 1. The third-order valence-electron chi connectivity index (χ3n) is 3.56. The molecule has 0 unspecified atom stereocenters. The molecule has 2 rings (SSSR count). The van der Waals surface area contributed by atoms with Crippen LogP contribution in [0.15, 0.2) is 16.9 Å². The predicted octanol–water partition coefficient (Wildman–Crippen LogP) is 1.89. The molecule has 5 nitrogen and oxygen atoms in total. The van der Waals surface area contributed by atoms with Crippen LogP contribution in [0.5, 0.6) is 0 Å². The van der Waals surface area contributed by atoms with Crippen molar-refractivity contribution in [3.05, 3.63) is 18.0 Å². The minimum atomic E-state index is -0.102. The molecule has 1 aliphatic rings. The third kappa shape index (κ3) is 3.32. The van der Waals surface area contributed by atoms with Crippen molar-refractivity contribution in [1.82, 2.24) is 10.5 Å². The fourth-order valence-electron chi connectivity index (χ4n) is 2.55. The molecule has 0 saturated heterocycles. The van der Waals surface area contributed by atoms with Gasteiger partial charge in [-0.1, -0.05) is 24.4 Å². The first kappa shape index (κ1) is 13.1. The second-order valence-corrected chi connectivity index (χ2v) is 4.75. The zero-order chi connectivity index (χ0) is 12.8. The summed E-state index contributed by atoms with van der Waals surface area (Å²) in [6.07, 6.45) is 6.92. The van der Waals surface area contributed by atoms with Crippen molar-refractivity contribution in [1.29, 1.82) is 0 Å². The molecule has 1 aromatic rings. The van der Waals surface area contributed by atoms with E-state index in [1.165, 1.54) is 13.5 Å². The second kappa shape index (κ2) is 6.54. The lowest BCUT2D eigenvalue weighted by molar-refractivity contribution is -0.146. The fourth-order valence-corrected chi connectivity index (χ4v) is 2.55. The summed E-state index contributed by atoms with van der Waals surface area (Å²) in [6.45, 7) is 0.634. The Kier molecular flexibility index (Phi) is 4.75. The quantitative estimate of drug-likeness (QED) is 0.655. The summed E-state index contributed by atoms with van der Waals surface area (Å²) < 4.78 is 9.69. The number of carbonyl (C=O) groups excluding carboxylic acids is 1. The highest BCUT2D eigenvalue weighted by Gasteiger charge is 2.30. The molecule has 0 amide bonds. The molecule has 0 aliphatic heterocycles. The van der Waals surface area contributed by atoms with Crippen LogP contribution >= 0.6 is 0 Å². The number of hydrogen-bond donors (Lipinski definition) is 1. The number of hydrogen-bond acceptors (Lipinski definition) is 5. The number of nitrogens with one attached hydrogen (secondary N) is 1. The highest BCUT2D eigenvalue weighted by atomic mass is 16.5. The SMILES string of the molecule is COC(=O)[C@@H]1CCCCC[C@H]1NCc1ccon1. The Morgan fingerprint density at radius 1 is 1.50 bits per heavy atom. The van der Waals surface area contributed by atoms with Gasteiger partial charge in [0.25, 0.3) is 0 Å². The maximum atomic E-state index is 11.8. The van der Waals surface area contributed by atoms with Crippen LogP contribution in [0.2, 0.25) is 0 Å². The normalized spacial score (nSPS) is 24.5. The maximum Gasteiger partial charge on any atom is 0.310 e. The monoisotopic (exact) mass is 252 g/mol. The van der Waals surface area contributed by atoms with Gasteiger partial charge in [0.1, 0.15) is 6.26 Å². The van der Waals surface area contributed by atoms with Crippen LogP contribution in [-0.4, -0.2) is 24.3 Å². The van der Waals surface area contributed by atoms with E-state index in [9.17, 15) is 4.79 Å². The van der Waals surface area contributed by atoms with E-state index in [1.807, 2.05) is 6.07 Å². The standard InChI is InChI=1S/C13H20N2O3/c1-17-13(16)11-5-3-2-4-6-12(11)14-9-10-7-8-18-15-10/h7-8,11-12,14H,2-6,9H2,1H3/t11-,12-/m1/s1. The average molecular weight is 252 g/mol. The van der Waals surface area contributed by atoms with Crippen LogP contribution in [0.25, 0.3) is 0 Å². The number of carbonyl (C=O) groups is 1. The molecule has 1 aromatic heterocycles. The number of methoxy groups -OCH3 is 1. The van der Waals surface area contributed by atoms with Gasteiger partial charge in [-0.05, 0) is 12.8 Å². The van der Waals surface area contributed by atoms with Gasteiger partial charge in [-0.2, -0.15) is 0 Å². The van der Waals surface area contributed by atoms with Crippen LogP contribution in [0.1, 0.15) is 37.8 Å². The molecule has 2 atom stereocenters. The Balaban J connectivity index is 1.94. The van der Waals surface area contributed by atoms with Gasteiger partial charge in [0, 0.05) is 18.7 Å². The third-order valence-corrected chi connectivity index (χ3v) is 3.56. The molecule has 0 spiro atoms.